The number of ether oxygens (including phenoxy) is 1. The summed E-state index contributed by atoms with van der Waals surface area (Å²) in [6, 6.07) is 18.5. The van der Waals surface area contributed by atoms with Crippen LogP contribution in [0.3, 0.4) is 0 Å². The third-order valence-corrected chi connectivity index (χ3v) is 4.89. The standard InChI is InChI=1S/C25H18ClF3N2O2/c1-16-5-7-17(8-6-16)15-33-23-10-9-18(12-22(23)26)11-19(14-30)24(32)31-21-4-2-3-20(13-21)25(27,28)29/h2-13H,15H2,1H3,(H,31,32)/b19-11+. The van der Waals surface area contributed by atoms with E-state index in [-0.39, 0.29) is 16.3 Å². The fourth-order valence-corrected chi connectivity index (χ4v) is 3.10. The molecule has 1 N–H and O–H groups in total. The van der Waals surface area contributed by atoms with Gasteiger partial charge in [-0.25, -0.2) is 0 Å². The van der Waals surface area contributed by atoms with E-state index in [1.807, 2.05) is 31.2 Å². The van der Waals surface area contributed by atoms with Gasteiger partial charge in [0.25, 0.3) is 5.91 Å². The maximum absolute atomic E-state index is 12.9. The van der Waals surface area contributed by atoms with Crippen LogP contribution < -0.4 is 10.1 Å². The van der Waals surface area contributed by atoms with Gasteiger partial charge in [-0.2, -0.15) is 18.4 Å². The summed E-state index contributed by atoms with van der Waals surface area (Å²) in [5.41, 5.74) is 1.29. The minimum atomic E-state index is -4.55. The molecule has 168 valence electrons. The molecule has 0 radical (unpaired) electrons. The molecule has 1 amide bonds. The summed E-state index contributed by atoms with van der Waals surface area (Å²) in [7, 11) is 0. The molecular weight excluding hydrogens is 453 g/mol. The lowest BCUT2D eigenvalue weighted by Crippen LogP contribution is -2.14. The summed E-state index contributed by atoms with van der Waals surface area (Å²) >= 11 is 6.27. The Hall–Kier alpha value is -3.76. The second-order valence-electron chi connectivity index (χ2n) is 7.17. The maximum atomic E-state index is 12.9. The molecule has 33 heavy (non-hydrogen) atoms. The third-order valence-electron chi connectivity index (χ3n) is 4.59. The number of rotatable bonds is 6. The molecule has 0 fully saturated rings. The first-order chi connectivity index (χ1) is 15.7. The highest BCUT2D eigenvalue weighted by Crippen LogP contribution is 2.31. The monoisotopic (exact) mass is 470 g/mol. The number of hydrogen-bond donors (Lipinski definition) is 1. The first-order valence-corrected chi connectivity index (χ1v) is 10.1. The number of carbonyl (C=O) groups excluding carboxylic acids is 1. The number of benzene rings is 3. The van der Waals surface area contributed by atoms with Crippen LogP contribution in [0.15, 0.2) is 72.3 Å². The molecule has 0 aliphatic carbocycles. The SMILES string of the molecule is Cc1ccc(COc2ccc(/C=C(\C#N)C(=O)Nc3cccc(C(F)(F)F)c3)cc2Cl)cc1. The molecule has 3 aromatic rings. The van der Waals surface area contributed by atoms with Gasteiger partial charge in [0.15, 0.2) is 0 Å². The number of nitrogens with one attached hydrogen (secondary N) is 1. The van der Waals surface area contributed by atoms with Crippen molar-refractivity contribution < 1.29 is 22.7 Å². The first-order valence-electron chi connectivity index (χ1n) is 9.74. The Kier molecular flexibility index (Phi) is 7.41. The average Bonchev–Trinajstić information content (AvgIpc) is 2.77. The van der Waals surface area contributed by atoms with Crippen molar-refractivity contribution in [2.24, 2.45) is 0 Å². The van der Waals surface area contributed by atoms with Crippen molar-refractivity contribution in [3.8, 4) is 11.8 Å². The largest absolute Gasteiger partial charge is 0.487 e. The van der Waals surface area contributed by atoms with E-state index in [1.165, 1.54) is 24.3 Å². The Morgan fingerprint density at radius 1 is 1.12 bits per heavy atom. The molecule has 8 heteroatoms. The summed E-state index contributed by atoms with van der Waals surface area (Å²) in [6.07, 6.45) is -3.26. The zero-order valence-corrected chi connectivity index (χ0v) is 18.2. The molecule has 3 aromatic carbocycles. The molecule has 0 heterocycles. The molecular formula is C25H18ClF3N2O2. The second-order valence-corrected chi connectivity index (χ2v) is 7.57. The van der Waals surface area contributed by atoms with Crippen molar-refractivity contribution in [2.45, 2.75) is 19.7 Å². The van der Waals surface area contributed by atoms with Gasteiger partial charge in [-0.15, -0.1) is 0 Å². The quantitative estimate of drug-likeness (QED) is 0.318. The van der Waals surface area contributed by atoms with Crippen molar-refractivity contribution >= 4 is 29.3 Å². The summed E-state index contributed by atoms with van der Waals surface area (Å²) in [4.78, 5) is 12.4. The van der Waals surface area contributed by atoms with E-state index < -0.39 is 17.6 Å². The maximum Gasteiger partial charge on any atom is 0.416 e. The van der Waals surface area contributed by atoms with Crippen LogP contribution in [-0.4, -0.2) is 5.91 Å². The van der Waals surface area contributed by atoms with Crippen LogP contribution in [-0.2, 0) is 17.6 Å². The first kappa shape index (κ1) is 23.9. The molecule has 0 aliphatic rings. The Morgan fingerprint density at radius 3 is 2.48 bits per heavy atom. The van der Waals surface area contributed by atoms with E-state index in [2.05, 4.69) is 5.32 Å². The Morgan fingerprint density at radius 2 is 1.85 bits per heavy atom. The number of nitrogens with zero attached hydrogens (tertiary/aromatic N) is 1. The van der Waals surface area contributed by atoms with E-state index >= 15 is 0 Å². The topological polar surface area (TPSA) is 62.1 Å². The van der Waals surface area contributed by atoms with Crippen molar-refractivity contribution in [1.82, 2.24) is 0 Å². The molecule has 3 rings (SSSR count). The Balaban J connectivity index is 1.71. The highest BCUT2D eigenvalue weighted by Gasteiger charge is 2.30. The van der Waals surface area contributed by atoms with Crippen LogP contribution in [0.1, 0.15) is 22.3 Å². The van der Waals surface area contributed by atoms with Gasteiger partial charge in [0, 0.05) is 5.69 Å². The summed E-state index contributed by atoms with van der Waals surface area (Å²) < 4.78 is 44.3. The summed E-state index contributed by atoms with van der Waals surface area (Å²) in [6.45, 7) is 2.31. The predicted molar refractivity (Wildman–Crippen MR) is 121 cm³/mol. The highest BCUT2D eigenvalue weighted by molar-refractivity contribution is 6.32. The minimum absolute atomic E-state index is 0.0751. The normalized spacial score (nSPS) is 11.6. The molecule has 0 atom stereocenters. The predicted octanol–water partition coefficient (Wildman–Crippen LogP) is 6.79. The van der Waals surface area contributed by atoms with Crippen LogP contribution in [0.4, 0.5) is 18.9 Å². The second kappa shape index (κ2) is 10.2. The number of halogens is 4. The number of nitriles is 1. The van der Waals surface area contributed by atoms with Gasteiger partial charge in [-0.3, -0.25) is 4.79 Å². The molecule has 0 aromatic heterocycles. The molecule has 0 saturated carbocycles. The van der Waals surface area contributed by atoms with E-state index in [0.29, 0.717) is 17.9 Å². The van der Waals surface area contributed by atoms with Crippen LogP contribution in [0, 0.1) is 18.3 Å². The summed E-state index contributed by atoms with van der Waals surface area (Å²) in [5, 5.41) is 11.9. The van der Waals surface area contributed by atoms with Gasteiger partial charge >= 0.3 is 6.18 Å². The van der Waals surface area contributed by atoms with Gasteiger partial charge in [-0.1, -0.05) is 53.6 Å². The van der Waals surface area contributed by atoms with Gasteiger partial charge in [0.05, 0.1) is 10.6 Å². The Bertz CT molecular complexity index is 1230. The lowest BCUT2D eigenvalue weighted by molar-refractivity contribution is -0.137. The van der Waals surface area contributed by atoms with Crippen LogP contribution in [0.25, 0.3) is 6.08 Å². The molecule has 0 saturated heterocycles. The zero-order chi connectivity index (χ0) is 24.0. The number of hydrogen-bond acceptors (Lipinski definition) is 3. The average molecular weight is 471 g/mol. The number of aryl methyl sites for hydroxylation is 1. The lowest BCUT2D eigenvalue weighted by atomic mass is 10.1. The fraction of sp³-hybridized carbons (Fsp3) is 0.120. The number of amides is 1. The van der Waals surface area contributed by atoms with Crippen LogP contribution in [0.5, 0.6) is 5.75 Å². The molecule has 0 bridgehead atoms. The third kappa shape index (κ3) is 6.61. The van der Waals surface area contributed by atoms with Crippen LogP contribution in [0.2, 0.25) is 5.02 Å². The van der Waals surface area contributed by atoms with Gasteiger partial charge in [0.2, 0.25) is 0 Å². The van der Waals surface area contributed by atoms with Gasteiger partial charge < -0.3 is 10.1 Å². The summed E-state index contributed by atoms with van der Waals surface area (Å²) in [5.74, 6) is -0.408. The highest BCUT2D eigenvalue weighted by atomic mass is 35.5. The van der Waals surface area contributed by atoms with Gasteiger partial charge in [-0.05, 0) is 54.5 Å². The van der Waals surface area contributed by atoms with Crippen molar-refractivity contribution in [1.29, 1.82) is 5.26 Å². The molecule has 0 unspecified atom stereocenters. The van der Waals surface area contributed by atoms with E-state index in [1.54, 1.807) is 18.2 Å². The van der Waals surface area contributed by atoms with E-state index in [0.717, 1.165) is 23.3 Å². The van der Waals surface area contributed by atoms with E-state index in [9.17, 15) is 23.2 Å². The fourth-order valence-electron chi connectivity index (χ4n) is 2.86. The molecule has 0 aliphatic heterocycles. The molecule has 0 spiro atoms. The smallest absolute Gasteiger partial charge is 0.416 e. The van der Waals surface area contributed by atoms with E-state index in [4.69, 9.17) is 16.3 Å². The number of anilines is 1. The Labute approximate surface area is 193 Å². The minimum Gasteiger partial charge on any atom is -0.487 e. The molecule has 4 nitrogen and oxygen atoms in total. The van der Waals surface area contributed by atoms with Crippen molar-refractivity contribution in [3.63, 3.8) is 0 Å². The lowest BCUT2D eigenvalue weighted by Gasteiger charge is -2.10. The van der Waals surface area contributed by atoms with Crippen LogP contribution >= 0.6 is 11.6 Å². The zero-order valence-electron chi connectivity index (χ0n) is 17.4. The van der Waals surface area contributed by atoms with Gasteiger partial charge in [0.1, 0.15) is 24.0 Å². The number of carbonyl (C=O) groups is 1. The number of alkyl halides is 3. The van der Waals surface area contributed by atoms with Crippen molar-refractivity contribution in [2.75, 3.05) is 5.32 Å². The van der Waals surface area contributed by atoms with Crippen molar-refractivity contribution in [3.05, 3.63) is 99.6 Å².